The van der Waals surface area contributed by atoms with Crippen molar-refractivity contribution in [2.45, 2.75) is 25.0 Å². The molecule has 0 saturated carbocycles. The molecule has 1 aliphatic rings. The Kier molecular flexibility index (Phi) is 2.73. The highest BCUT2D eigenvalue weighted by atomic mass is 32.2. The van der Waals surface area contributed by atoms with Crippen molar-refractivity contribution in [3.05, 3.63) is 11.5 Å². The largest absolute Gasteiger partial charge is 0.125 e. The Hall–Kier alpha value is 0.180. The van der Waals surface area contributed by atoms with Gasteiger partial charge in [-0.2, -0.15) is 0 Å². The highest BCUT2D eigenvalue weighted by Crippen LogP contribution is 2.25. The summed E-state index contributed by atoms with van der Waals surface area (Å²) < 4.78 is 0. The van der Waals surface area contributed by atoms with Gasteiger partial charge in [-0.25, -0.2) is 0 Å². The fourth-order valence-corrected chi connectivity index (χ4v) is 2.04. The van der Waals surface area contributed by atoms with Crippen LogP contribution in [0.3, 0.4) is 0 Å². The van der Waals surface area contributed by atoms with E-state index in [0.717, 1.165) is 12.8 Å². The SMILES string of the molecule is CCC(=S)C1CC=CS1. The molecule has 0 aliphatic carbocycles. The molecule has 1 atom stereocenters. The Morgan fingerprint density at radius 1 is 1.89 bits per heavy atom. The standard InChI is InChI=1S/C7H10S2/c1-2-6(8)7-4-3-5-9-7/h3,5,7H,2,4H2,1H3. The summed E-state index contributed by atoms with van der Waals surface area (Å²) in [5.74, 6) is 0. The molecule has 1 unspecified atom stereocenters. The molecule has 1 heterocycles. The van der Waals surface area contributed by atoms with Gasteiger partial charge in [0.1, 0.15) is 0 Å². The van der Waals surface area contributed by atoms with Gasteiger partial charge in [0.05, 0.1) is 0 Å². The van der Waals surface area contributed by atoms with Crippen LogP contribution in [0.2, 0.25) is 0 Å². The van der Waals surface area contributed by atoms with Crippen LogP contribution in [0.1, 0.15) is 19.8 Å². The summed E-state index contributed by atoms with van der Waals surface area (Å²) >= 11 is 7.01. The quantitative estimate of drug-likeness (QED) is 0.567. The predicted molar refractivity (Wildman–Crippen MR) is 48.0 cm³/mol. The number of rotatable bonds is 2. The monoisotopic (exact) mass is 158 g/mol. The van der Waals surface area contributed by atoms with E-state index in [2.05, 4.69) is 18.4 Å². The molecule has 0 N–H and O–H groups in total. The summed E-state index contributed by atoms with van der Waals surface area (Å²) in [6.07, 6.45) is 4.39. The van der Waals surface area contributed by atoms with E-state index in [1.165, 1.54) is 4.86 Å². The summed E-state index contributed by atoms with van der Waals surface area (Å²) in [6.45, 7) is 2.13. The van der Waals surface area contributed by atoms with E-state index in [0.29, 0.717) is 5.25 Å². The molecule has 2 heteroatoms. The zero-order valence-corrected chi connectivity index (χ0v) is 7.10. The first-order chi connectivity index (χ1) is 4.34. The number of hydrogen-bond donors (Lipinski definition) is 0. The predicted octanol–water partition coefficient (Wildman–Crippen LogP) is 2.79. The lowest BCUT2D eigenvalue weighted by molar-refractivity contribution is 1.11. The maximum absolute atomic E-state index is 5.15. The molecule has 0 nitrogen and oxygen atoms in total. The molecule has 0 spiro atoms. The van der Waals surface area contributed by atoms with Crippen molar-refractivity contribution in [1.82, 2.24) is 0 Å². The normalized spacial score (nSPS) is 24.8. The van der Waals surface area contributed by atoms with Gasteiger partial charge in [0.15, 0.2) is 0 Å². The van der Waals surface area contributed by atoms with Crippen molar-refractivity contribution in [3.8, 4) is 0 Å². The maximum atomic E-state index is 5.15. The highest BCUT2D eigenvalue weighted by Gasteiger charge is 2.13. The van der Waals surface area contributed by atoms with Crippen LogP contribution in [0, 0.1) is 0 Å². The summed E-state index contributed by atoms with van der Waals surface area (Å²) in [6, 6.07) is 0. The van der Waals surface area contributed by atoms with Gasteiger partial charge in [-0.05, 0) is 18.2 Å². The van der Waals surface area contributed by atoms with Crippen LogP contribution in [0.25, 0.3) is 0 Å². The van der Waals surface area contributed by atoms with Crippen molar-refractivity contribution in [1.29, 1.82) is 0 Å². The molecule has 0 amide bonds. The van der Waals surface area contributed by atoms with Crippen LogP contribution in [-0.4, -0.2) is 10.1 Å². The molecule has 1 rings (SSSR count). The zero-order valence-electron chi connectivity index (χ0n) is 5.46. The van der Waals surface area contributed by atoms with Gasteiger partial charge >= 0.3 is 0 Å². The van der Waals surface area contributed by atoms with Crippen molar-refractivity contribution >= 4 is 28.8 Å². The third-order valence-electron chi connectivity index (χ3n) is 1.40. The molecule has 0 saturated heterocycles. The molecule has 0 aromatic carbocycles. The molecule has 50 valence electrons. The molecule has 0 bridgehead atoms. The zero-order chi connectivity index (χ0) is 6.69. The van der Waals surface area contributed by atoms with Gasteiger partial charge in [0, 0.05) is 10.1 Å². The summed E-state index contributed by atoms with van der Waals surface area (Å²) in [5, 5.41) is 2.76. The van der Waals surface area contributed by atoms with Crippen molar-refractivity contribution in [2.24, 2.45) is 0 Å². The van der Waals surface area contributed by atoms with Crippen molar-refractivity contribution < 1.29 is 0 Å². The Balaban J connectivity index is 2.36. The first-order valence-electron chi connectivity index (χ1n) is 3.17. The van der Waals surface area contributed by atoms with Gasteiger partial charge in [-0.3, -0.25) is 0 Å². The third-order valence-corrected chi connectivity index (χ3v) is 3.27. The molecule has 0 radical (unpaired) electrons. The fourth-order valence-electron chi connectivity index (χ4n) is 0.820. The molecule has 0 aromatic rings. The summed E-state index contributed by atoms with van der Waals surface area (Å²) in [4.78, 5) is 1.21. The van der Waals surface area contributed by atoms with E-state index in [4.69, 9.17) is 12.2 Å². The summed E-state index contributed by atoms with van der Waals surface area (Å²) in [5.41, 5.74) is 0. The first-order valence-corrected chi connectivity index (χ1v) is 4.53. The minimum atomic E-state index is 0.616. The molecule has 9 heavy (non-hydrogen) atoms. The van der Waals surface area contributed by atoms with Crippen LogP contribution in [0.4, 0.5) is 0 Å². The van der Waals surface area contributed by atoms with E-state index in [1.807, 2.05) is 11.8 Å². The smallest absolute Gasteiger partial charge is 0.0436 e. The van der Waals surface area contributed by atoms with Crippen LogP contribution in [0.5, 0.6) is 0 Å². The molecule has 0 fully saturated rings. The first kappa shape index (κ1) is 7.29. The van der Waals surface area contributed by atoms with Crippen molar-refractivity contribution in [2.75, 3.05) is 0 Å². The Bertz CT molecular complexity index is 130. The lowest BCUT2D eigenvalue weighted by Crippen LogP contribution is -2.09. The average Bonchev–Trinajstić information content (AvgIpc) is 2.37. The van der Waals surface area contributed by atoms with Crippen LogP contribution in [0.15, 0.2) is 11.5 Å². The van der Waals surface area contributed by atoms with E-state index in [9.17, 15) is 0 Å². The molecule has 1 aliphatic heterocycles. The second-order valence-electron chi connectivity index (χ2n) is 2.05. The maximum Gasteiger partial charge on any atom is 0.0436 e. The average molecular weight is 158 g/mol. The van der Waals surface area contributed by atoms with Gasteiger partial charge in [-0.15, -0.1) is 11.8 Å². The minimum Gasteiger partial charge on any atom is -0.125 e. The fraction of sp³-hybridized carbons (Fsp3) is 0.571. The summed E-state index contributed by atoms with van der Waals surface area (Å²) in [7, 11) is 0. The topological polar surface area (TPSA) is 0 Å². The van der Waals surface area contributed by atoms with Crippen LogP contribution in [-0.2, 0) is 0 Å². The van der Waals surface area contributed by atoms with Gasteiger partial charge < -0.3 is 0 Å². The Morgan fingerprint density at radius 3 is 3.11 bits per heavy atom. The van der Waals surface area contributed by atoms with Crippen LogP contribution >= 0.6 is 24.0 Å². The lowest BCUT2D eigenvalue weighted by Gasteiger charge is -2.06. The Morgan fingerprint density at radius 2 is 2.67 bits per heavy atom. The van der Waals surface area contributed by atoms with Crippen LogP contribution < -0.4 is 0 Å². The molecule has 0 aromatic heterocycles. The lowest BCUT2D eigenvalue weighted by atomic mass is 10.2. The van der Waals surface area contributed by atoms with Gasteiger partial charge in [0.25, 0.3) is 0 Å². The number of hydrogen-bond acceptors (Lipinski definition) is 2. The van der Waals surface area contributed by atoms with Crippen molar-refractivity contribution in [3.63, 3.8) is 0 Å². The third kappa shape index (κ3) is 1.80. The van der Waals surface area contributed by atoms with E-state index in [1.54, 1.807) is 0 Å². The second kappa shape index (κ2) is 3.37. The molecular formula is C7H10S2. The number of allylic oxidation sites excluding steroid dienone is 1. The van der Waals surface area contributed by atoms with E-state index in [-0.39, 0.29) is 0 Å². The van der Waals surface area contributed by atoms with Gasteiger partial charge in [-0.1, -0.05) is 25.2 Å². The van der Waals surface area contributed by atoms with E-state index >= 15 is 0 Å². The number of thioether (sulfide) groups is 1. The molecular weight excluding hydrogens is 148 g/mol. The number of thiocarbonyl (C=S) groups is 1. The van der Waals surface area contributed by atoms with Gasteiger partial charge in [0.2, 0.25) is 0 Å². The minimum absolute atomic E-state index is 0.616. The highest BCUT2D eigenvalue weighted by molar-refractivity contribution is 8.04. The van der Waals surface area contributed by atoms with E-state index < -0.39 is 0 Å². The second-order valence-corrected chi connectivity index (χ2v) is 3.69. The Labute approximate surface area is 65.7 Å².